The third kappa shape index (κ3) is 3.51. The summed E-state index contributed by atoms with van der Waals surface area (Å²) >= 11 is 1.66. The monoisotopic (exact) mass is 314 g/mol. The lowest BCUT2D eigenvalue weighted by atomic mass is 10.3. The largest absolute Gasteiger partial charge is 1.00 e. The van der Waals surface area contributed by atoms with E-state index in [4.69, 9.17) is 0 Å². The summed E-state index contributed by atoms with van der Waals surface area (Å²) in [5.74, 6) is 0.0791. The van der Waals surface area contributed by atoms with E-state index >= 15 is 0 Å². The maximum absolute atomic E-state index is 11.6. The first kappa shape index (κ1) is 14.1. The van der Waals surface area contributed by atoms with Crippen molar-refractivity contribution in [2.45, 2.75) is 19.9 Å². The Kier molecular flexibility index (Phi) is 5.58. The quantitative estimate of drug-likeness (QED) is 0.701. The Labute approximate surface area is 115 Å². The average molecular weight is 315 g/mol. The van der Waals surface area contributed by atoms with Crippen LogP contribution in [-0.4, -0.2) is 12.5 Å². The maximum Gasteiger partial charge on any atom is 0.286 e. The van der Waals surface area contributed by atoms with E-state index in [0.717, 1.165) is 18.5 Å². The molecular weight excluding hydrogens is 300 g/mol. The molecule has 0 aliphatic rings. The van der Waals surface area contributed by atoms with Gasteiger partial charge in [0.25, 0.3) is 5.91 Å². The number of aromatic nitrogens is 1. The Bertz CT molecular complexity index is 498. The fraction of sp³-hybridized carbons (Fsp3) is 0.333. The number of halogens is 1. The van der Waals surface area contributed by atoms with Crippen molar-refractivity contribution >= 4 is 27.5 Å². The Morgan fingerprint density at radius 3 is 2.94 bits per heavy atom. The van der Waals surface area contributed by atoms with Crippen molar-refractivity contribution in [3.63, 3.8) is 0 Å². The van der Waals surface area contributed by atoms with Gasteiger partial charge in [0.15, 0.2) is 0 Å². The third-order valence-electron chi connectivity index (χ3n) is 2.37. The molecule has 0 unspecified atom stereocenters. The van der Waals surface area contributed by atoms with E-state index in [0.29, 0.717) is 6.54 Å². The topological polar surface area (TPSA) is 33.0 Å². The van der Waals surface area contributed by atoms with Crippen LogP contribution in [0.15, 0.2) is 29.8 Å². The zero-order valence-electron chi connectivity index (χ0n) is 9.65. The minimum absolute atomic E-state index is 0. The molecule has 0 aliphatic heterocycles. The van der Waals surface area contributed by atoms with E-state index in [1.54, 1.807) is 11.3 Å². The lowest BCUT2D eigenvalue weighted by Crippen LogP contribution is -3.00. The fourth-order valence-electron chi connectivity index (χ4n) is 1.57. The Hall–Kier alpha value is -0.940. The molecule has 0 spiro atoms. The van der Waals surface area contributed by atoms with Crippen LogP contribution in [0.5, 0.6) is 0 Å². The van der Waals surface area contributed by atoms with Crippen LogP contribution in [0, 0.1) is 0 Å². The molecule has 0 saturated carbocycles. The van der Waals surface area contributed by atoms with Crippen LogP contribution in [0.1, 0.15) is 13.3 Å². The molecule has 2 aromatic rings. The molecule has 0 atom stereocenters. The molecule has 92 valence electrons. The maximum atomic E-state index is 11.6. The van der Waals surface area contributed by atoms with Crippen molar-refractivity contribution in [3.05, 3.63) is 29.8 Å². The number of nitrogens with one attached hydrogen (secondary N) is 1. The number of thiazole rings is 1. The molecule has 0 radical (unpaired) electrons. The second-order valence-electron chi connectivity index (χ2n) is 3.67. The minimum atomic E-state index is 0. The molecule has 2 rings (SSSR count). The van der Waals surface area contributed by atoms with Crippen LogP contribution < -0.4 is 26.9 Å². The smallest absolute Gasteiger partial charge is 0.286 e. The van der Waals surface area contributed by atoms with Crippen LogP contribution in [0.2, 0.25) is 0 Å². The summed E-state index contributed by atoms with van der Waals surface area (Å²) < 4.78 is 3.20. The highest BCUT2D eigenvalue weighted by atomic mass is 79.9. The van der Waals surface area contributed by atoms with E-state index in [9.17, 15) is 4.79 Å². The summed E-state index contributed by atoms with van der Waals surface area (Å²) in [5, 5.41) is 2.88. The van der Waals surface area contributed by atoms with Crippen molar-refractivity contribution in [1.29, 1.82) is 0 Å². The zero-order valence-corrected chi connectivity index (χ0v) is 12.1. The predicted molar refractivity (Wildman–Crippen MR) is 65.3 cm³/mol. The van der Waals surface area contributed by atoms with E-state index < -0.39 is 0 Å². The molecule has 1 aromatic carbocycles. The Morgan fingerprint density at radius 1 is 1.41 bits per heavy atom. The summed E-state index contributed by atoms with van der Waals surface area (Å²) in [7, 11) is 0. The van der Waals surface area contributed by atoms with E-state index in [1.807, 2.05) is 35.2 Å². The van der Waals surface area contributed by atoms with Gasteiger partial charge >= 0.3 is 0 Å². The lowest BCUT2D eigenvalue weighted by molar-refractivity contribution is -0.654. The van der Waals surface area contributed by atoms with Gasteiger partial charge in [-0.15, -0.1) is 0 Å². The number of carbonyl (C=O) groups is 1. The number of benzene rings is 1. The summed E-state index contributed by atoms with van der Waals surface area (Å²) in [6.45, 7) is 3.21. The molecule has 0 saturated heterocycles. The highest BCUT2D eigenvalue weighted by Crippen LogP contribution is 2.14. The molecular formula is C12H15BrN2OS. The second kappa shape index (κ2) is 6.71. The first-order valence-electron chi connectivity index (χ1n) is 5.43. The fourth-order valence-corrected chi connectivity index (χ4v) is 2.46. The summed E-state index contributed by atoms with van der Waals surface area (Å²) in [4.78, 5) is 11.6. The number of para-hydroxylation sites is 1. The molecule has 1 aromatic heterocycles. The summed E-state index contributed by atoms with van der Waals surface area (Å²) in [5.41, 5.74) is 3.12. The number of fused-ring (bicyclic) bond motifs is 1. The first-order valence-corrected chi connectivity index (χ1v) is 6.31. The summed E-state index contributed by atoms with van der Waals surface area (Å²) in [6, 6.07) is 8.12. The highest BCUT2D eigenvalue weighted by Gasteiger charge is 2.14. The van der Waals surface area contributed by atoms with Gasteiger partial charge in [0, 0.05) is 12.6 Å². The SMILES string of the molecule is CCCNC(=O)C[n+]1csc2ccccc21.[Br-]. The average Bonchev–Trinajstić information content (AvgIpc) is 2.70. The van der Waals surface area contributed by atoms with E-state index in [-0.39, 0.29) is 22.9 Å². The first-order chi connectivity index (χ1) is 7.81. The van der Waals surface area contributed by atoms with Gasteiger partial charge in [-0.1, -0.05) is 30.4 Å². The molecule has 1 N–H and O–H groups in total. The van der Waals surface area contributed by atoms with Crippen LogP contribution in [0.3, 0.4) is 0 Å². The van der Waals surface area contributed by atoms with Crippen LogP contribution in [-0.2, 0) is 11.3 Å². The standard InChI is InChI=1S/C12H14N2OS.BrH/c1-2-7-13-12(15)8-14-9-16-11-6-4-3-5-10(11)14;/h3-6,9H,2,7-8H2,1H3;1H. The van der Waals surface area contributed by atoms with Gasteiger partial charge in [-0.3, -0.25) is 4.79 Å². The van der Waals surface area contributed by atoms with Crippen molar-refractivity contribution in [1.82, 2.24) is 5.32 Å². The number of rotatable bonds is 4. The number of nitrogens with zero attached hydrogens (tertiary/aromatic N) is 1. The van der Waals surface area contributed by atoms with Gasteiger partial charge in [-0.2, -0.15) is 4.57 Å². The molecule has 17 heavy (non-hydrogen) atoms. The van der Waals surface area contributed by atoms with Crippen molar-refractivity contribution < 1.29 is 26.3 Å². The normalized spacial score (nSPS) is 9.94. The molecule has 0 bridgehead atoms. The van der Waals surface area contributed by atoms with Crippen molar-refractivity contribution in [2.24, 2.45) is 0 Å². The Balaban J connectivity index is 0.00000144. The van der Waals surface area contributed by atoms with E-state index in [2.05, 4.69) is 11.4 Å². The van der Waals surface area contributed by atoms with Crippen LogP contribution >= 0.6 is 11.3 Å². The van der Waals surface area contributed by atoms with Crippen molar-refractivity contribution in [2.75, 3.05) is 6.54 Å². The van der Waals surface area contributed by atoms with Gasteiger partial charge in [0.05, 0.1) is 0 Å². The molecule has 5 heteroatoms. The molecule has 0 aliphatic carbocycles. The number of amides is 1. The molecule has 1 amide bonds. The number of hydrogen-bond acceptors (Lipinski definition) is 2. The van der Waals surface area contributed by atoms with Gasteiger partial charge in [0.1, 0.15) is 4.70 Å². The minimum Gasteiger partial charge on any atom is -1.00 e. The molecule has 1 heterocycles. The van der Waals surface area contributed by atoms with Gasteiger partial charge in [-0.05, 0) is 12.5 Å². The van der Waals surface area contributed by atoms with Gasteiger partial charge in [-0.25, -0.2) is 0 Å². The van der Waals surface area contributed by atoms with Crippen LogP contribution in [0.25, 0.3) is 10.2 Å². The number of carbonyl (C=O) groups excluding carboxylic acids is 1. The van der Waals surface area contributed by atoms with Crippen LogP contribution in [0.4, 0.5) is 0 Å². The second-order valence-corrected chi connectivity index (χ2v) is 4.56. The Morgan fingerprint density at radius 2 is 2.18 bits per heavy atom. The molecule has 0 fully saturated rings. The summed E-state index contributed by atoms with van der Waals surface area (Å²) in [6.07, 6.45) is 0.973. The zero-order chi connectivity index (χ0) is 11.4. The predicted octanol–water partition coefficient (Wildman–Crippen LogP) is -1.28. The number of hydrogen-bond donors (Lipinski definition) is 1. The van der Waals surface area contributed by atoms with Crippen molar-refractivity contribution in [3.8, 4) is 0 Å². The third-order valence-corrected chi connectivity index (χ3v) is 3.33. The van der Waals surface area contributed by atoms with Gasteiger partial charge < -0.3 is 22.3 Å². The molecule has 3 nitrogen and oxygen atoms in total. The highest BCUT2D eigenvalue weighted by molar-refractivity contribution is 7.16. The van der Waals surface area contributed by atoms with Gasteiger partial charge in [0.2, 0.25) is 17.6 Å². The lowest BCUT2D eigenvalue weighted by Gasteiger charge is -1.98. The van der Waals surface area contributed by atoms with E-state index in [1.165, 1.54) is 4.70 Å².